The summed E-state index contributed by atoms with van der Waals surface area (Å²) in [5.74, 6) is -0.903. The van der Waals surface area contributed by atoms with Gasteiger partial charge in [0.25, 0.3) is 0 Å². The van der Waals surface area contributed by atoms with Crippen molar-refractivity contribution in [1.82, 2.24) is 0 Å². The normalized spacial score (nSPS) is 31.8. The molecular formula is C12H20O7. The summed E-state index contributed by atoms with van der Waals surface area (Å²) in [5.41, 5.74) is 0. The molecule has 1 rings (SSSR count). The zero-order chi connectivity index (χ0) is 14.6. The minimum Gasteiger partial charge on any atom is -0.460 e. The first-order valence-corrected chi connectivity index (χ1v) is 5.96. The Hall–Kier alpha value is -1.18. The molecule has 0 aromatic rings. The van der Waals surface area contributed by atoms with E-state index in [0.717, 1.165) is 0 Å². The molecule has 1 aliphatic heterocycles. The lowest BCUT2D eigenvalue weighted by molar-refractivity contribution is -0.178. The van der Waals surface area contributed by atoms with Gasteiger partial charge >= 0.3 is 11.9 Å². The third kappa shape index (κ3) is 3.89. The molecule has 19 heavy (non-hydrogen) atoms. The van der Waals surface area contributed by atoms with Crippen LogP contribution < -0.4 is 0 Å². The fourth-order valence-corrected chi connectivity index (χ4v) is 2.12. The zero-order valence-corrected chi connectivity index (χ0v) is 11.7. The van der Waals surface area contributed by atoms with Crippen LogP contribution in [0.15, 0.2) is 0 Å². The first kappa shape index (κ1) is 15.9. The third-order valence-electron chi connectivity index (χ3n) is 2.83. The van der Waals surface area contributed by atoms with E-state index in [1.54, 1.807) is 6.92 Å². The molecule has 1 heterocycles. The molecule has 7 heteroatoms. The fourth-order valence-electron chi connectivity index (χ4n) is 2.12. The average molecular weight is 276 g/mol. The van der Waals surface area contributed by atoms with Gasteiger partial charge in [-0.05, 0) is 6.92 Å². The maximum Gasteiger partial charge on any atom is 0.303 e. The van der Waals surface area contributed by atoms with Gasteiger partial charge in [0.2, 0.25) is 0 Å². The second-order valence-electron chi connectivity index (χ2n) is 4.29. The van der Waals surface area contributed by atoms with Crippen LogP contribution in [-0.4, -0.2) is 56.9 Å². The summed E-state index contributed by atoms with van der Waals surface area (Å²) in [5, 5.41) is 0. The number of rotatable bonds is 5. The highest BCUT2D eigenvalue weighted by molar-refractivity contribution is 5.67. The summed E-state index contributed by atoms with van der Waals surface area (Å²) < 4.78 is 26.2. The Kier molecular flexibility index (Phi) is 5.71. The molecule has 1 aliphatic rings. The van der Waals surface area contributed by atoms with E-state index in [4.69, 9.17) is 23.7 Å². The molecule has 0 aliphatic carbocycles. The molecular weight excluding hydrogens is 256 g/mol. The molecule has 0 aromatic carbocycles. The van der Waals surface area contributed by atoms with E-state index in [-0.39, 0.29) is 0 Å². The van der Waals surface area contributed by atoms with Crippen LogP contribution in [0.3, 0.4) is 0 Å². The van der Waals surface area contributed by atoms with E-state index in [9.17, 15) is 9.59 Å². The Labute approximate surface area is 112 Å². The molecule has 0 spiro atoms. The van der Waals surface area contributed by atoms with Crippen molar-refractivity contribution in [3.63, 3.8) is 0 Å². The lowest BCUT2D eigenvalue weighted by atomic mass is 10.1. The number of esters is 2. The highest BCUT2D eigenvalue weighted by Crippen LogP contribution is 2.29. The van der Waals surface area contributed by atoms with Crippen LogP contribution in [0.25, 0.3) is 0 Å². The summed E-state index contributed by atoms with van der Waals surface area (Å²) in [6, 6.07) is 0. The molecule has 0 aromatic heterocycles. The molecule has 1 fully saturated rings. The maximum absolute atomic E-state index is 11.2. The molecule has 0 N–H and O–H groups in total. The van der Waals surface area contributed by atoms with Gasteiger partial charge in [-0.1, -0.05) is 0 Å². The highest BCUT2D eigenvalue weighted by Gasteiger charge is 2.50. The molecule has 1 saturated heterocycles. The van der Waals surface area contributed by atoms with E-state index in [1.807, 2.05) is 0 Å². The van der Waals surface area contributed by atoms with Gasteiger partial charge in [-0.25, -0.2) is 0 Å². The lowest BCUT2D eigenvalue weighted by Crippen LogP contribution is -2.43. The Morgan fingerprint density at radius 3 is 2.11 bits per heavy atom. The minimum atomic E-state index is -0.693. The van der Waals surface area contributed by atoms with Crippen LogP contribution in [0.2, 0.25) is 0 Å². The Balaban J connectivity index is 2.86. The summed E-state index contributed by atoms with van der Waals surface area (Å²) in [4.78, 5) is 22.2. The average Bonchev–Trinajstić information content (AvgIpc) is 2.65. The van der Waals surface area contributed by atoms with E-state index >= 15 is 0 Å². The molecule has 110 valence electrons. The molecule has 5 atom stereocenters. The van der Waals surface area contributed by atoms with Crippen molar-refractivity contribution in [2.24, 2.45) is 0 Å². The van der Waals surface area contributed by atoms with Crippen LogP contribution in [0.5, 0.6) is 0 Å². The predicted octanol–water partition coefficient (Wildman–Crippen LogP) is 0.256. The van der Waals surface area contributed by atoms with E-state index in [1.165, 1.54) is 28.1 Å². The standard InChI is InChI=1S/C12H20O7/c1-6(17-7(2)13)9-10(18-8(3)14)11(15-4)12(16-5)19-9/h6,9-12H,1-5H3. The number of carbonyl (C=O) groups is 2. The van der Waals surface area contributed by atoms with Gasteiger partial charge in [0.1, 0.15) is 18.3 Å². The quantitative estimate of drug-likeness (QED) is 0.666. The second kappa shape index (κ2) is 6.83. The van der Waals surface area contributed by atoms with Crippen molar-refractivity contribution in [3.05, 3.63) is 0 Å². The van der Waals surface area contributed by atoms with Gasteiger partial charge in [-0.3, -0.25) is 9.59 Å². The van der Waals surface area contributed by atoms with Crippen molar-refractivity contribution in [3.8, 4) is 0 Å². The smallest absolute Gasteiger partial charge is 0.303 e. The second-order valence-corrected chi connectivity index (χ2v) is 4.29. The van der Waals surface area contributed by atoms with Crippen molar-refractivity contribution in [2.75, 3.05) is 14.2 Å². The lowest BCUT2D eigenvalue weighted by Gasteiger charge is -2.25. The Morgan fingerprint density at radius 2 is 1.68 bits per heavy atom. The highest BCUT2D eigenvalue weighted by atomic mass is 16.7. The van der Waals surface area contributed by atoms with Crippen molar-refractivity contribution >= 4 is 11.9 Å². The summed E-state index contributed by atoms with van der Waals surface area (Å²) in [6.07, 6.45) is -3.17. The maximum atomic E-state index is 11.2. The molecule has 5 unspecified atom stereocenters. The van der Waals surface area contributed by atoms with Crippen LogP contribution in [0.1, 0.15) is 20.8 Å². The van der Waals surface area contributed by atoms with Crippen molar-refractivity contribution < 1.29 is 33.3 Å². The van der Waals surface area contributed by atoms with Crippen LogP contribution in [0, 0.1) is 0 Å². The number of ether oxygens (including phenoxy) is 5. The van der Waals surface area contributed by atoms with Gasteiger partial charge < -0.3 is 23.7 Å². The van der Waals surface area contributed by atoms with E-state index < -0.39 is 42.6 Å². The molecule has 7 nitrogen and oxygen atoms in total. The van der Waals surface area contributed by atoms with Crippen molar-refractivity contribution in [2.45, 2.75) is 51.5 Å². The largest absolute Gasteiger partial charge is 0.460 e. The minimum absolute atomic E-state index is 0.437. The van der Waals surface area contributed by atoms with Crippen LogP contribution in [0.4, 0.5) is 0 Å². The number of hydrogen-bond acceptors (Lipinski definition) is 7. The first-order chi connectivity index (χ1) is 8.90. The van der Waals surface area contributed by atoms with Gasteiger partial charge in [0.05, 0.1) is 0 Å². The number of methoxy groups -OCH3 is 2. The summed E-state index contributed by atoms with van der Waals surface area (Å²) >= 11 is 0. The molecule has 0 amide bonds. The predicted molar refractivity (Wildman–Crippen MR) is 63.2 cm³/mol. The third-order valence-corrected chi connectivity index (χ3v) is 2.83. The SMILES string of the molecule is COC1OC(C(C)OC(C)=O)C(OC(C)=O)C1OC. The molecule has 0 bridgehead atoms. The molecule has 0 radical (unpaired) electrons. The topological polar surface area (TPSA) is 80.3 Å². The summed E-state index contributed by atoms with van der Waals surface area (Å²) in [7, 11) is 2.93. The number of carbonyl (C=O) groups excluding carboxylic acids is 2. The van der Waals surface area contributed by atoms with Gasteiger partial charge in [0.15, 0.2) is 12.4 Å². The van der Waals surface area contributed by atoms with Gasteiger partial charge in [0, 0.05) is 28.1 Å². The van der Waals surface area contributed by atoms with Gasteiger partial charge in [-0.15, -0.1) is 0 Å². The first-order valence-electron chi connectivity index (χ1n) is 5.96. The summed E-state index contributed by atoms with van der Waals surface area (Å²) in [6.45, 7) is 4.25. The van der Waals surface area contributed by atoms with Crippen LogP contribution >= 0.6 is 0 Å². The number of hydrogen-bond donors (Lipinski definition) is 0. The fraction of sp³-hybridized carbons (Fsp3) is 0.833. The Bertz CT molecular complexity index is 330. The van der Waals surface area contributed by atoms with Crippen LogP contribution in [-0.2, 0) is 33.3 Å². The van der Waals surface area contributed by atoms with Crippen molar-refractivity contribution in [1.29, 1.82) is 0 Å². The van der Waals surface area contributed by atoms with E-state index in [2.05, 4.69) is 0 Å². The zero-order valence-electron chi connectivity index (χ0n) is 11.7. The van der Waals surface area contributed by atoms with Gasteiger partial charge in [-0.2, -0.15) is 0 Å². The Morgan fingerprint density at radius 1 is 1.05 bits per heavy atom. The monoisotopic (exact) mass is 276 g/mol. The van der Waals surface area contributed by atoms with E-state index in [0.29, 0.717) is 0 Å². The molecule has 0 saturated carbocycles.